The van der Waals surface area contributed by atoms with Crippen LogP contribution in [0.1, 0.15) is 51.4 Å². The molecule has 2 nitrogen and oxygen atoms in total. The number of aliphatic hydroxyl groups is 1. The summed E-state index contributed by atoms with van der Waals surface area (Å²) >= 11 is 0. The van der Waals surface area contributed by atoms with Crippen LogP contribution >= 0.6 is 0 Å². The number of alkyl halides is 3. The molecule has 0 aromatic heterocycles. The van der Waals surface area contributed by atoms with E-state index in [1.54, 1.807) is 6.07 Å². The molecule has 0 fully saturated rings. The van der Waals surface area contributed by atoms with Crippen molar-refractivity contribution in [3.05, 3.63) is 106 Å². The number of fused-ring (bicyclic) bond motifs is 1. The molecule has 30 heavy (non-hydrogen) atoms. The van der Waals surface area contributed by atoms with Gasteiger partial charge in [0, 0.05) is 12.6 Å². The van der Waals surface area contributed by atoms with E-state index in [-0.39, 0.29) is 5.56 Å². The van der Waals surface area contributed by atoms with Gasteiger partial charge in [-0.25, -0.2) is 0 Å². The van der Waals surface area contributed by atoms with Crippen LogP contribution in [-0.4, -0.2) is 5.11 Å². The minimum Gasteiger partial charge on any atom is -0.392 e. The van der Waals surface area contributed by atoms with E-state index in [1.165, 1.54) is 22.8 Å². The van der Waals surface area contributed by atoms with Crippen molar-refractivity contribution in [1.29, 1.82) is 0 Å². The molecule has 0 amide bonds. The number of halogens is 3. The highest BCUT2D eigenvalue weighted by Crippen LogP contribution is 2.34. The number of hydrogen-bond donors (Lipinski definition) is 2. The molecular weight excluding hydrogens is 387 g/mol. The zero-order valence-electron chi connectivity index (χ0n) is 16.5. The van der Waals surface area contributed by atoms with Crippen molar-refractivity contribution in [2.24, 2.45) is 0 Å². The van der Waals surface area contributed by atoms with Crippen molar-refractivity contribution >= 4 is 0 Å². The summed E-state index contributed by atoms with van der Waals surface area (Å²) in [5, 5.41) is 12.9. The molecule has 0 aliphatic heterocycles. The molecule has 1 unspecified atom stereocenters. The first-order chi connectivity index (χ1) is 14.4. The van der Waals surface area contributed by atoms with Crippen LogP contribution < -0.4 is 5.32 Å². The zero-order valence-corrected chi connectivity index (χ0v) is 16.5. The zero-order chi connectivity index (χ0) is 21.1. The van der Waals surface area contributed by atoms with Crippen molar-refractivity contribution < 1.29 is 18.3 Å². The highest BCUT2D eigenvalue weighted by Gasteiger charge is 2.31. The Kier molecular flexibility index (Phi) is 5.93. The third kappa shape index (κ3) is 4.74. The van der Waals surface area contributed by atoms with Gasteiger partial charge in [-0.2, -0.15) is 13.2 Å². The summed E-state index contributed by atoms with van der Waals surface area (Å²) < 4.78 is 39.5. The van der Waals surface area contributed by atoms with Gasteiger partial charge >= 0.3 is 6.18 Å². The van der Waals surface area contributed by atoms with E-state index < -0.39 is 18.3 Å². The number of aryl methyl sites for hydroxylation is 1. The Morgan fingerprint density at radius 1 is 0.867 bits per heavy atom. The molecule has 156 valence electrons. The maximum Gasteiger partial charge on any atom is 0.416 e. The SMILES string of the molecule is OCc1cc(Cc2ccc3c(c2)CCC3NCc2ccccc2)cc(C(F)(F)F)c1. The molecule has 3 aromatic rings. The fraction of sp³-hybridized carbons (Fsp3) is 0.280. The summed E-state index contributed by atoms with van der Waals surface area (Å²) in [7, 11) is 0. The highest BCUT2D eigenvalue weighted by atomic mass is 19.4. The largest absolute Gasteiger partial charge is 0.416 e. The van der Waals surface area contributed by atoms with E-state index in [0.717, 1.165) is 31.0 Å². The summed E-state index contributed by atoms with van der Waals surface area (Å²) in [5.74, 6) is 0. The Bertz CT molecular complexity index is 1010. The van der Waals surface area contributed by atoms with Crippen LogP contribution in [-0.2, 0) is 32.2 Å². The van der Waals surface area contributed by atoms with Gasteiger partial charge in [0.15, 0.2) is 0 Å². The van der Waals surface area contributed by atoms with E-state index in [9.17, 15) is 18.3 Å². The predicted octanol–water partition coefficient (Wildman–Crippen LogP) is 5.57. The first kappa shape index (κ1) is 20.6. The lowest BCUT2D eigenvalue weighted by Crippen LogP contribution is -2.18. The smallest absolute Gasteiger partial charge is 0.392 e. The lowest BCUT2D eigenvalue weighted by atomic mass is 9.97. The molecule has 0 saturated carbocycles. The summed E-state index contributed by atoms with van der Waals surface area (Å²) in [6.45, 7) is 0.400. The van der Waals surface area contributed by atoms with Crippen LogP contribution in [0.2, 0.25) is 0 Å². The molecule has 2 N–H and O–H groups in total. The minimum atomic E-state index is -4.42. The molecule has 3 aromatic carbocycles. The lowest BCUT2D eigenvalue weighted by molar-refractivity contribution is -0.137. The average Bonchev–Trinajstić information content (AvgIpc) is 3.14. The molecule has 4 rings (SSSR count). The number of benzene rings is 3. The summed E-state index contributed by atoms with van der Waals surface area (Å²) in [4.78, 5) is 0. The normalized spacial score (nSPS) is 15.9. The van der Waals surface area contributed by atoms with Gasteiger partial charge in [0.2, 0.25) is 0 Å². The fourth-order valence-corrected chi connectivity index (χ4v) is 4.19. The second kappa shape index (κ2) is 8.62. The second-order valence-electron chi connectivity index (χ2n) is 7.86. The van der Waals surface area contributed by atoms with Gasteiger partial charge in [-0.05, 0) is 64.8 Å². The fourth-order valence-electron chi connectivity index (χ4n) is 4.19. The Hall–Kier alpha value is -2.63. The Labute approximate surface area is 174 Å². The van der Waals surface area contributed by atoms with Gasteiger partial charge in [-0.15, -0.1) is 0 Å². The summed E-state index contributed by atoms with van der Waals surface area (Å²) in [6.07, 6.45) is -2.04. The molecule has 1 aliphatic carbocycles. The van der Waals surface area contributed by atoms with Crippen LogP contribution in [0.3, 0.4) is 0 Å². The quantitative estimate of drug-likeness (QED) is 0.556. The topological polar surface area (TPSA) is 32.3 Å². The molecule has 1 atom stereocenters. The first-order valence-electron chi connectivity index (χ1n) is 10.1. The van der Waals surface area contributed by atoms with E-state index >= 15 is 0 Å². The van der Waals surface area contributed by atoms with E-state index in [2.05, 4.69) is 29.6 Å². The van der Waals surface area contributed by atoms with Gasteiger partial charge in [-0.3, -0.25) is 0 Å². The van der Waals surface area contributed by atoms with Crippen LogP contribution in [0.5, 0.6) is 0 Å². The predicted molar refractivity (Wildman–Crippen MR) is 111 cm³/mol. The molecule has 0 saturated heterocycles. The summed E-state index contributed by atoms with van der Waals surface area (Å²) in [6, 6.07) is 20.6. The maximum absolute atomic E-state index is 13.2. The van der Waals surface area contributed by atoms with Crippen molar-refractivity contribution in [2.45, 2.75) is 44.6 Å². The molecule has 0 radical (unpaired) electrons. The number of hydrogen-bond acceptors (Lipinski definition) is 2. The van der Waals surface area contributed by atoms with Crippen molar-refractivity contribution in [2.75, 3.05) is 0 Å². The number of rotatable bonds is 6. The lowest BCUT2D eigenvalue weighted by Gasteiger charge is -2.15. The molecular formula is C25H24F3NO. The van der Waals surface area contributed by atoms with E-state index in [4.69, 9.17) is 0 Å². The Balaban J connectivity index is 1.49. The average molecular weight is 411 g/mol. The van der Waals surface area contributed by atoms with E-state index in [1.807, 2.05) is 24.3 Å². The molecule has 0 heterocycles. The van der Waals surface area contributed by atoms with Gasteiger partial charge in [0.25, 0.3) is 0 Å². The Morgan fingerprint density at radius 3 is 2.37 bits per heavy atom. The minimum absolute atomic E-state index is 0.283. The van der Waals surface area contributed by atoms with Crippen LogP contribution in [0.15, 0.2) is 66.7 Å². The third-order valence-corrected chi connectivity index (χ3v) is 5.65. The van der Waals surface area contributed by atoms with Crippen LogP contribution in [0, 0.1) is 0 Å². The molecule has 5 heteroatoms. The maximum atomic E-state index is 13.2. The summed E-state index contributed by atoms with van der Waals surface area (Å²) in [5.41, 5.74) is 4.89. The molecule has 0 spiro atoms. The van der Waals surface area contributed by atoms with E-state index in [0.29, 0.717) is 18.0 Å². The van der Waals surface area contributed by atoms with Crippen LogP contribution in [0.25, 0.3) is 0 Å². The van der Waals surface area contributed by atoms with Crippen molar-refractivity contribution in [3.8, 4) is 0 Å². The van der Waals surface area contributed by atoms with Gasteiger partial charge in [-0.1, -0.05) is 54.6 Å². The number of nitrogens with one attached hydrogen (secondary N) is 1. The third-order valence-electron chi connectivity index (χ3n) is 5.65. The van der Waals surface area contributed by atoms with Gasteiger partial charge < -0.3 is 10.4 Å². The van der Waals surface area contributed by atoms with Crippen LogP contribution in [0.4, 0.5) is 13.2 Å². The first-order valence-corrected chi connectivity index (χ1v) is 10.1. The van der Waals surface area contributed by atoms with Crippen molar-refractivity contribution in [1.82, 2.24) is 5.32 Å². The monoisotopic (exact) mass is 411 g/mol. The number of aliphatic hydroxyl groups excluding tert-OH is 1. The van der Waals surface area contributed by atoms with Gasteiger partial charge in [0.1, 0.15) is 0 Å². The van der Waals surface area contributed by atoms with Crippen molar-refractivity contribution in [3.63, 3.8) is 0 Å². The molecule has 0 bridgehead atoms. The highest BCUT2D eigenvalue weighted by molar-refractivity contribution is 5.41. The second-order valence-corrected chi connectivity index (χ2v) is 7.86. The molecule has 1 aliphatic rings. The standard InChI is InChI=1S/C25H24F3NO/c26-25(27,28)22-13-19(11-20(14-22)16-30)10-18-6-8-23-21(12-18)7-9-24(23)29-15-17-4-2-1-3-5-17/h1-6,8,11-14,24,29-30H,7,9-10,15-16H2. The Morgan fingerprint density at radius 2 is 1.63 bits per heavy atom. The van der Waals surface area contributed by atoms with Gasteiger partial charge in [0.05, 0.1) is 12.2 Å².